The van der Waals surface area contributed by atoms with Gasteiger partial charge in [0, 0.05) is 36.8 Å². The highest BCUT2D eigenvalue weighted by Crippen LogP contribution is 2.29. The predicted molar refractivity (Wildman–Crippen MR) is 110 cm³/mol. The predicted octanol–water partition coefficient (Wildman–Crippen LogP) is 3.64. The number of fused-ring (bicyclic) bond motifs is 1. The first kappa shape index (κ1) is 20.3. The first-order valence-electron chi connectivity index (χ1n) is 9.73. The minimum absolute atomic E-state index is 0.0811. The Morgan fingerprint density at radius 2 is 1.79 bits per heavy atom. The van der Waals surface area contributed by atoms with Crippen LogP contribution in [-0.4, -0.2) is 39.4 Å². The number of ketones is 1. The Kier molecular flexibility index (Phi) is 5.24. The molecule has 5 nitrogen and oxygen atoms in total. The number of nitrogens with zero attached hydrogens (tertiary/aromatic N) is 2. The molecule has 2 heterocycles. The van der Waals surface area contributed by atoms with Gasteiger partial charge in [0.25, 0.3) is 5.91 Å². The number of carbonyl (C=O) groups is 2. The Morgan fingerprint density at radius 1 is 1.14 bits per heavy atom. The van der Waals surface area contributed by atoms with Gasteiger partial charge in [-0.3, -0.25) is 9.59 Å². The lowest BCUT2D eigenvalue weighted by molar-refractivity contribution is 0.0688. The summed E-state index contributed by atoms with van der Waals surface area (Å²) < 4.78 is 1.86. The zero-order valence-electron chi connectivity index (χ0n) is 17.5. The molecule has 2 aromatic rings. The molecule has 28 heavy (non-hydrogen) atoms. The minimum atomic E-state index is -0.551. The molecular weight excluding hydrogens is 352 g/mol. The Labute approximate surface area is 167 Å². The number of aliphatic hydroxyl groups excluding tert-OH is 1. The molecule has 1 N–H and O–H groups in total. The van der Waals surface area contributed by atoms with Gasteiger partial charge in [0.1, 0.15) is 12.3 Å². The maximum absolute atomic E-state index is 13.2. The van der Waals surface area contributed by atoms with Crippen molar-refractivity contribution in [2.45, 2.75) is 53.1 Å². The van der Waals surface area contributed by atoms with Crippen LogP contribution in [0.4, 0.5) is 0 Å². The topological polar surface area (TPSA) is 62.5 Å². The van der Waals surface area contributed by atoms with Crippen molar-refractivity contribution in [2.75, 3.05) is 13.2 Å². The van der Waals surface area contributed by atoms with Gasteiger partial charge in [-0.2, -0.15) is 0 Å². The van der Waals surface area contributed by atoms with Crippen LogP contribution in [0.1, 0.15) is 66.6 Å². The van der Waals surface area contributed by atoms with Gasteiger partial charge >= 0.3 is 0 Å². The summed E-state index contributed by atoms with van der Waals surface area (Å²) >= 11 is 0. The highest BCUT2D eigenvalue weighted by molar-refractivity contribution is 6.01. The Morgan fingerprint density at radius 3 is 2.36 bits per heavy atom. The molecule has 5 heteroatoms. The van der Waals surface area contributed by atoms with Gasteiger partial charge in [-0.25, -0.2) is 0 Å². The van der Waals surface area contributed by atoms with E-state index < -0.39 is 6.61 Å². The van der Waals surface area contributed by atoms with Crippen LogP contribution in [0.2, 0.25) is 0 Å². The van der Waals surface area contributed by atoms with Crippen LogP contribution in [-0.2, 0) is 18.5 Å². The average Bonchev–Trinajstić information content (AvgIpc) is 2.98. The molecule has 3 rings (SSSR count). The number of hydrogen-bond acceptors (Lipinski definition) is 3. The Balaban J connectivity index is 1.90. The molecule has 1 aromatic carbocycles. The van der Waals surface area contributed by atoms with Crippen molar-refractivity contribution in [3.05, 3.63) is 58.9 Å². The first-order valence-corrected chi connectivity index (χ1v) is 9.73. The summed E-state index contributed by atoms with van der Waals surface area (Å²) in [5.74, 6) is -0.446. The smallest absolute Gasteiger partial charge is 0.270 e. The van der Waals surface area contributed by atoms with E-state index in [4.69, 9.17) is 5.11 Å². The van der Waals surface area contributed by atoms with E-state index >= 15 is 0 Å². The maximum atomic E-state index is 13.2. The number of aliphatic hydroxyl groups is 1. The third-order valence-corrected chi connectivity index (χ3v) is 5.28. The van der Waals surface area contributed by atoms with E-state index in [1.165, 1.54) is 5.56 Å². The summed E-state index contributed by atoms with van der Waals surface area (Å²) in [6.45, 7) is 12.1. The number of rotatable bonds is 4. The normalized spacial score (nSPS) is 16.6. The highest BCUT2D eigenvalue weighted by atomic mass is 16.3. The van der Waals surface area contributed by atoms with E-state index in [0.717, 1.165) is 5.56 Å². The fraction of sp³-hybridized carbons (Fsp3) is 0.478. The third kappa shape index (κ3) is 4.20. The van der Waals surface area contributed by atoms with Gasteiger partial charge < -0.3 is 14.6 Å². The van der Waals surface area contributed by atoms with Crippen LogP contribution in [0, 0.1) is 5.41 Å². The van der Waals surface area contributed by atoms with Crippen molar-refractivity contribution in [1.82, 2.24) is 9.47 Å². The Hall–Kier alpha value is -2.40. The molecule has 1 aliphatic rings. The van der Waals surface area contributed by atoms with Crippen molar-refractivity contribution >= 4 is 11.7 Å². The van der Waals surface area contributed by atoms with Crippen molar-refractivity contribution in [3.63, 3.8) is 0 Å². The number of amides is 1. The van der Waals surface area contributed by atoms with E-state index in [0.29, 0.717) is 30.9 Å². The van der Waals surface area contributed by atoms with Gasteiger partial charge in [0.15, 0.2) is 5.78 Å². The lowest BCUT2D eigenvalue weighted by Gasteiger charge is -2.29. The molecule has 0 radical (unpaired) electrons. The molecule has 0 saturated heterocycles. The second-order valence-electron chi connectivity index (χ2n) is 9.60. The number of benzene rings is 1. The van der Waals surface area contributed by atoms with Crippen LogP contribution in [0.25, 0.3) is 0 Å². The number of Topliss-reactive ketones (excluding diaryl/α,β-unsaturated/α-hetero) is 1. The quantitative estimate of drug-likeness (QED) is 0.821. The van der Waals surface area contributed by atoms with Gasteiger partial charge in [0.05, 0.1) is 0 Å². The van der Waals surface area contributed by atoms with E-state index in [1.807, 2.05) is 9.47 Å². The fourth-order valence-corrected chi connectivity index (χ4v) is 3.78. The van der Waals surface area contributed by atoms with Crippen molar-refractivity contribution in [1.29, 1.82) is 0 Å². The van der Waals surface area contributed by atoms with Crippen LogP contribution in [0.15, 0.2) is 36.5 Å². The standard InChI is InChI=1S/C23H30N2O3/c1-22(2,3)18-8-6-16(7-9-18)11-25-15-23(4,5)14-24-12-17(20(27)13-26)10-19(24)21(25)28/h6-10,12,26H,11,13-15H2,1-5H3. The minimum Gasteiger partial charge on any atom is -0.388 e. The second kappa shape index (κ2) is 7.21. The van der Waals surface area contributed by atoms with Crippen molar-refractivity contribution in [3.8, 4) is 0 Å². The maximum Gasteiger partial charge on any atom is 0.270 e. The molecule has 1 amide bonds. The molecule has 0 atom stereocenters. The lowest BCUT2D eigenvalue weighted by atomic mass is 9.86. The first-order chi connectivity index (χ1) is 13.0. The van der Waals surface area contributed by atoms with Crippen molar-refractivity contribution < 1.29 is 14.7 Å². The molecule has 0 aliphatic carbocycles. The fourth-order valence-electron chi connectivity index (χ4n) is 3.78. The molecule has 0 unspecified atom stereocenters. The van der Waals surface area contributed by atoms with Crippen LogP contribution in [0.5, 0.6) is 0 Å². The molecule has 150 valence electrons. The third-order valence-electron chi connectivity index (χ3n) is 5.28. The Bertz CT molecular complexity index is 886. The van der Waals surface area contributed by atoms with Gasteiger partial charge in [0.2, 0.25) is 0 Å². The van der Waals surface area contributed by atoms with Crippen LogP contribution in [0.3, 0.4) is 0 Å². The van der Waals surface area contributed by atoms with Gasteiger partial charge in [-0.15, -0.1) is 0 Å². The molecule has 0 spiro atoms. The van der Waals surface area contributed by atoms with Crippen molar-refractivity contribution in [2.24, 2.45) is 5.41 Å². The zero-order valence-corrected chi connectivity index (χ0v) is 17.5. The molecule has 0 saturated carbocycles. The average molecular weight is 383 g/mol. The van der Waals surface area contributed by atoms with Crippen LogP contribution >= 0.6 is 0 Å². The largest absolute Gasteiger partial charge is 0.388 e. The lowest BCUT2D eigenvalue weighted by Crippen LogP contribution is -2.36. The summed E-state index contributed by atoms with van der Waals surface area (Å²) in [4.78, 5) is 27.0. The van der Waals surface area contributed by atoms with Gasteiger partial charge in [-0.1, -0.05) is 58.9 Å². The molecular formula is C23H30N2O3. The molecule has 0 fully saturated rings. The van der Waals surface area contributed by atoms with E-state index in [-0.39, 0.29) is 22.5 Å². The summed E-state index contributed by atoms with van der Waals surface area (Å²) in [5, 5.41) is 9.15. The molecule has 1 aromatic heterocycles. The zero-order chi connectivity index (χ0) is 20.7. The molecule has 0 bridgehead atoms. The van der Waals surface area contributed by atoms with E-state index in [2.05, 4.69) is 58.9 Å². The van der Waals surface area contributed by atoms with Crippen LogP contribution < -0.4 is 0 Å². The number of carbonyl (C=O) groups excluding carboxylic acids is 2. The van der Waals surface area contributed by atoms with E-state index in [1.54, 1.807) is 12.3 Å². The molecule has 1 aliphatic heterocycles. The summed E-state index contributed by atoms with van der Waals surface area (Å²) in [5.41, 5.74) is 3.20. The second-order valence-corrected chi connectivity index (χ2v) is 9.60. The monoisotopic (exact) mass is 382 g/mol. The highest BCUT2D eigenvalue weighted by Gasteiger charge is 2.33. The number of hydrogen-bond donors (Lipinski definition) is 1. The van der Waals surface area contributed by atoms with E-state index in [9.17, 15) is 9.59 Å². The summed E-state index contributed by atoms with van der Waals surface area (Å²) in [6.07, 6.45) is 1.69. The van der Waals surface area contributed by atoms with Gasteiger partial charge in [-0.05, 0) is 22.6 Å². The number of aromatic nitrogens is 1. The SMILES string of the molecule is CC1(C)CN(Cc2ccc(C(C)(C)C)cc2)C(=O)c2cc(C(=O)CO)cn2C1. The summed E-state index contributed by atoms with van der Waals surface area (Å²) in [7, 11) is 0. The summed E-state index contributed by atoms with van der Waals surface area (Å²) in [6, 6.07) is 10.0.